The summed E-state index contributed by atoms with van der Waals surface area (Å²) in [7, 11) is 0. The van der Waals surface area contributed by atoms with Crippen molar-refractivity contribution in [2.75, 3.05) is 6.54 Å². The van der Waals surface area contributed by atoms with E-state index in [0.29, 0.717) is 0 Å². The van der Waals surface area contributed by atoms with Gasteiger partial charge in [-0.1, -0.05) is 35.9 Å². The predicted octanol–water partition coefficient (Wildman–Crippen LogP) is 3.96. The van der Waals surface area contributed by atoms with E-state index in [1.165, 1.54) is 27.8 Å². The molecular weight excluding hydrogens is 242 g/mol. The average Bonchev–Trinajstić information content (AvgIpc) is 2.39. The Morgan fingerprint density at radius 3 is 2.83 bits per heavy atom. The van der Waals surface area contributed by atoms with Crippen molar-refractivity contribution >= 4 is 11.6 Å². The molecule has 3 rings (SSSR count). The second-order valence-corrected chi connectivity index (χ2v) is 5.26. The van der Waals surface area contributed by atoms with Gasteiger partial charge in [0.1, 0.15) is 0 Å². The van der Waals surface area contributed by atoms with Crippen molar-refractivity contribution in [3.63, 3.8) is 0 Å². The Kier molecular flexibility index (Phi) is 3.11. The van der Waals surface area contributed by atoms with Gasteiger partial charge in [0.15, 0.2) is 0 Å². The summed E-state index contributed by atoms with van der Waals surface area (Å²) in [5.74, 6) is 0. The van der Waals surface area contributed by atoms with Crippen LogP contribution in [0, 0.1) is 6.92 Å². The zero-order valence-corrected chi connectivity index (χ0v) is 11.2. The van der Waals surface area contributed by atoms with Crippen LogP contribution < -0.4 is 5.32 Å². The minimum atomic E-state index is 0.802. The van der Waals surface area contributed by atoms with Gasteiger partial charge in [0.05, 0.1) is 0 Å². The van der Waals surface area contributed by atoms with Gasteiger partial charge in [0.2, 0.25) is 0 Å². The number of halogens is 1. The van der Waals surface area contributed by atoms with Gasteiger partial charge < -0.3 is 5.32 Å². The maximum Gasteiger partial charge on any atom is 0.0412 e. The van der Waals surface area contributed by atoms with Crippen LogP contribution in [-0.2, 0) is 13.0 Å². The second-order valence-electron chi connectivity index (χ2n) is 4.82. The smallest absolute Gasteiger partial charge is 0.0412 e. The molecule has 2 heteroatoms. The number of rotatable bonds is 1. The minimum absolute atomic E-state index is 0.802. The Morgan fingerprint density at radius 2 is 2.00 bits per heavy atom. The zero-order chi connectivity index (χ0) is 12.5. The lowest BCUT2D eigenvalue weighted by Crippen LogP contribution is -2.25. The largest absolute Gasteiger partial charge is 0.312 e. The molecule has 0 bridgehead atoms. The van der Waals surface area contributed by atoms with E-state index in [9.17, 15) is 0 Å². The van der Waals surface area contributed by atoms with E-state index >= 15 is 0 Å². The molecule has 1 aliphatic rings. The molecule has 1 heterocycles. The van der Waals surface area contributed by atoms with Crippen molar-refractivity contribution in [2.24, 2.45) is 0 Å². The Balaban J connectivity index is 2.18. The lowest BCUT2D eigenvalue weighted by Gasteiger charge is -2.22. The van der Waals surface area contributed by atoms with Crippen LogP contribution in [-0.4, -0.2) is 6.54 Å². The first-order valence-electron chi connectivity index (χ1n) is 6.34. The predicted molar refractivity (Wildman–Crippen MR) is 77.0 cm³/mol. The summed E-state index contributed by atoms with van der Waals surface area (Å²) >= 11 is 6.10. The van der Waals surface area contributed by atoms with E-state index in [4.69, 9.17) is 11.6 Å². The lowest BCUT2D eigenvalue weighted by molar-refractivity contribution is 0.641. The number of hydrogen-bond acceptors (Lipinski definition) is 1. The zero-order valence-electron chi connectivity index (χ0n) is 10.5. The molecule has 0 amide bonds. The summed E-state index contributed by atoms with van der Waals surface area (Å²) in [6.45, 7) is 4.23. The molecule has 0 saturated carbocycles. The molecule has 18 heavy (non-hydrogen) atoms. The van der Waals surface area contributed by atoms with Crippen molar-refractivity contribution in [3.05, 3.63) is 58.1 Å². The summed E-state index contributed by atoms with van der Waals surface area (Å²) in [4.78, 5) is 0. The average molecular weight is 258 g/mol. The highest BCUT2D eigenvalue weighted by Gasteiger charge is 2.15. The van der Waals surface area contributed by atoms with Gasteiger partial charge in [-0.25, -0.2) is 0 Å². The first-order chi connectivity index (χ1) is 8.75. The third-order valence-electron chi connectivity index (χ3n) is 3.65. The van der Waals surface area contributed by atoms with E-state index in [2.05, 4.69) is 36.5 Å². The first-order valence-corrected chi connectivity index (χ1v) is 6.71. The quantitative estimate of drug-likeness (QED) is 0.815. The summed E-state index contributed by atoms with van der Waals surface area (Å²) in [6.07, 6.45) is 1.10. The van der Waals surface area contributed by atoms with E-state index < -0.39 is 0 Å². The minimum Gasteiger partial charge on any atom is -0.312 e. The van der Waals surface area contributed by atoms with E-state index in [0.717, 1.165) is 24.5 Å². The highest BCUT2D eigenvalue weighted by atomic mass is 35.5. The molecule has 1 aliphatic heterocycles. The van der Waals surface area contributed by atoms with Crippen LogP contribution in [0.25, 0.3) is 11.1 Å². The summed E-state index contributed by atoms with van der Waals surface area (Å²) in [5.41, 5.74) is 6.87. The molecule has 2 aromatic carbocycles. The van der Waals surface area contributed by atoms with Gasteiger partial charge in [-0.3, -0.25) is 0 Å². The van der Waals surface area contributed by atoms with Crippen LogP contribution >= 0.6 is 11.6 Å². The molecule has 0 radical (unpaired) electrons. The Bertz CT molecular complexity index is 590. The molecule has 0 saturated heterocycles. The normalized spacial score (nSPS) is 14.3. The summed E-state index contributed by atoms with van der Waals surface area (Å²) < 4.78 is 0. The molecule has 0 fully saturated rings. The van der Waals surface area contributed by atoms with Crippen LogP contribution in [0.1, 0.15) is 16.7 Å². The van der Waals surface area contributed by atoms with Gasteiger partial charge in [0, 0.05) is 11.6 Å². The van der Waals surface area contributed by atoms with Crippen LogP contribution in [0.2, 0.25) is 5.02 Å². The summed E-state index contributed by atoms with van der Waals surface area (Å²) in [5, 5.41) is 4.25. The van der Waals surface area contributed by atoms with Crippen LogP contribution in [0.3, 0.4) is 0 Å². The van der Waals surface area contributed by atoms with Gasteiger partial charge in [-0.15, -0.1) is 0 Å². The van der Waals surface area contributed by atoms with Crippen LogP contribution in [0.4, 0.5) is 0 Å². The topological polar surface area (TPSA) is 12.0 Å². The van der Waals surface area contributed by atoms with E-state index in [1.807, 2.05) is 12.1 Å². The first kappa shape index (κ1) is 11.8. The van der Waals surface area contributed by atoms with Crippen LogP contribution in [0.5, 0.6) is 0 Å². The van der Waals surface area contributed by atoms with Crippen LogP contribution in [0.15, 0.2) is 36.4 Å². The fraction of sp³-hybridized carbons (Fsp3) is 0.250. The standard InChI is InChI=1S/C16H16ClN/c1-11-5-6-14(12-3-2-4-13(17)9-12)15-7-8-18-10-16(11)15/h2-6,9,18H,7-8,10H2,1H3. The number of fused-ring (bicyclic) bond motifs is 1. The fourth-order valence-corrected chi connectivity index (χ4v) is 2.89. The Labute approximate surface area is 113 Å². The molecule has 2 aromatic rings. The molecular formula is C16H16ClN. The molecule has 0 spiro atoms. The third kappa shape index (κ3) is 2.05. The number of aryl methyl sites for hydroxylation is 1. The van der Waals surface area contributed by atoms with Gasteiger partial charge in [-0.05, 0) is 59.8 Å². The Hall–Kier alpha value is -1.31. The van der Waals surface area contributed by atoms with Gasteiger partial charge in [0.25, 0.3) is 0 Å². The SMILES string of the molecule is Cc1ccc(-c2cccc(Cl)c2)c2c1CNCC2. The molecule has 92 valence electrons. The number of hydrogen-bond donors (Lipinski definition) is 1. The molecule has 0 aromatic heterocycles. The fourth-order valence-electron chi connectivity index (χ4n) is 2.69. The van der Waals surface area contributed by atoms with Crippen molar-refractivity contribution in [3.8, 4) is 11.1 Å². The molecule has 1 N–H and O–H groups in total. The third-order valence-corrected chi connectivity index (χ3v) is 3.89. The molecule has 1 nitrogen and oxygen atoms in total. The molecule has 0 aliphatic carbocycles. The monoisotopic (exact) mass is 257 g/mol. The van der Waals surface area contributed by atoms with Gasteiger partial charge in [-0.2, -0.15) is 0 Å². The summed E-state index contributed by atoms with van der Waals surface area (Å²) in [6, 6.07) is 12.6. The van der Waals surface area contributed by atoms with Crippen molar-refractivity contribution in [1.29, 1.82) is 0 Å². The second kappa shape index (κ2) is 4.75. The molecule has 0 unspecified atom stereocenters. The van der Waals surface area contributed by atoms with Crippen molar-refractivity contribution in [2.45, 2.75) is 19.9 Å². The van der Waals surface area contributed by atoms with Crippen molar-refractivity contribution in [1.82, 2.24) is 5.32 Å². The van der Waals surface area contributed by atoms with E-state index in [1.54, 1.807) is 0 Å². The van der Waals surface area contributed by atoms with Crippen molar-refractivity contribution < 1.29 is 0 Å². The number of nitrogens with one attached hydrogen (secondary N) is 1. The maximum atomic E-state index is 6.10. The highest BCUT2D eigenvalue weighted by Crippen LogP contribution is 2.31. The van der Waals surface area contributed by atoms with Gasteiger partial charge >= 0.3 is 0 Å². The molecule has 0 atom stereocenters. The lowest BCUT2D eigenvalue weighted by atomic mass is 9.89. The Morgan fingerprint density at radius 1 is 1.11 bits per heavy atom. The highest BCUT2D eigenvalue weighted by molar-refractivity contribution is 6.30. The number of benzene rings is 2. The van der Waals surface area contributed by atoms with E-state index in [-0.39, 0.29) is 0 Å². The maximum absolute atomic E-state index is 6.10.